The number of amides is 1. The van der Waals surface area contributed by atoms with E-state index in [4.69, 9.17) is 13.9 Å². The lowest BCUT2D eigenvalue weighted by molar-refractivity contribution is -0.149. The first-order valence-electron chi connectivity index (χ1n) is 11.6. The van der Waals surface area contributed by atoms with Crippen LogP contribution in [0.15, 0.2) is 18.2 Å². The van der Waals surface area contributed by atoms with Crippen molar-refractivity contribution >= 4 is 20.4 Å². The van der Waals surface area contributed by atoms with Crippen LogP contribution < -0.4 is 10.6 Å². The van der Waals surface area contributed by atoms with Crippen LogP contribution in [0.5, 0.6) is 0 Å². The molecule has 0 aromatic heterocycles. The van der Waals surface area contributed by atoms with Crippen LogP contribution in [0.3, 0.4) is 0 Å². The molecule has 0 saturated carbocycles. The lowest BCUT2D eigenvalue weighted by atomic mass is 9.90. The summed E-state index contributed by atoms with van der Waals surface area (Å²) in [4.78, 5) is 25.4. The summed E-state index contributed by atoms with van der Waals surface area (Å²) in [6, 6.07) is 3.00. The summed E-state index contributed by atoms with van der Waals surface area (Å²) in [6.45, 7) is 18.6. The van der Waals surface area contributed by atoms with Gasteiger partial charge in [0.25, 0.3) is 0 Å². The molecule has 0 heterocycles. The summed E-state index contributed by atoms with van der Waals surface area (Å²) in [5.41, 5.74) is -3.28. The second-order valence-corrected chi connectivity index (χ2v) is 16.7. The Morgan fingerprint density at radius 2 is 1.46 bits per heavy atom. The lowest BCUT2D eigenvalue weighted by Crippen LogP contribution is -2.61. The van der Waals surface area contributed by atoms with Crippen molar-refractivity contribution in [2.75, 3.05) is 20.3 Å². The van der Waals surface area contributed by atoms with E-state index in [9.17, 15) is 18.4 Å². The molecule has 0 aliphatic heterocycles. The maximum Gasteiger partial charge on any atom is 0.408 e. The maximum absolute atomic E-state index is 14.1. The van der Waals surface area contributed by atoms with E-state index in [1.54, 1.807) is 34.6 Å². The second-order valence-electron chi connectivity index (χ2n) is 11.8. The molecule has 1 unspecified atom stereocenters. The number of rotatable bonds is 9. The topological polar surface area (TPSA) is 85.9 Å². The summed E-state index contributed by atoms with van der Waals surface area (Å²) in [7, 11) is -0.944. The van der Waals surface area contributed by atoms with E-state index < -0.39 is 48.7 Å². The van der Waals surface area contributed by atoms with Gasteiger partial charge in [0.15, 0.2) is 8.32 Å². The number of ether oxygens (including phenoxy) is 2. The van der Waals surface area contributed by atoms with Crippen LogP contribution in [-0.4, -0.2) is 51.8 Å². The summed E-state index contributed by atoms with van der Waals surface area (Å²) < 4.78 is 44.9. The van der Waals surface area contributed by atoms with Crippen molar-refractivity contribution in [2.24, 2.45) is 0 Å². The SMILES string of the molecule is COC(=O)[C@](C)(CO[Si](C)(C)C(C)(C)C)NCC(C)(NC(=O)OC(C)(C)C)c1cc(F)cc(F)c1. The summed E-state index contributed by atoms with van der Waals surface area (Å²) in [6.07, 6.45) is -0.774. The van der Waals surface area contributed by atoms with Crippen LogP contribution in [0.1, 0.15) is 61.0 Å². The fraction of sp³-hybridized carbons (Fsp3) is 0.680. The molecule has 0 radical (unpaired) electrons. The van der Waals surface area contributed by atoms with E-state index in [1.807, 2.05) is 0 Å². The van der Waals surface area contributed by atoms with Gasteiger partial charge in [-0.2, -0.15) is 0 Å². The third-order valence-electron chi connectivity index (χ3n) is 6.27. The summed E-state index contributed by atoms with van der Waals surface area (Å²) in [5, 5.41) is 5.74. The van der Waals surface area contributed by atoms with E-state index in [0.717, 1.165) is 18.2 Å². The highest BCUT2D eigenvalue weighted by Crippen LogP contribution is 2.37. The number of carbonyl (C=O) groups is 2. The minimum atomic E-state index is -2.22. The molecule has 2 atom stereocenters. The number of halogens is 2. The van der Waals surface area contributed by atoms with Crippen molar-refractivity contribution in [3.8, 4) is 0 Å². The number of hydrogen-bond acceptors (Lipinski definition) is 6. The third-order valence-corrected chi connectivity index (χ3v) is 10.8. The molecule has 1 amide bonds. The van der Waals surface area contributed by atoms with Crippen molar-refractivity contribution in [3.05, 3.63) is 35.4 Å². The fourth-order valence-electron chi connectivity index (χ4n) is 2.94. The zero-order valence-corrected chi connectivity index (χ0v) is 23.9. The Hall–Kier alpha value is -2.04. The standard InChI is InChI=1S/C25H42F2N2O5Si/c1-22(2,3)34-21(31)29-24(7,17-12-18(26)14-19(27)13-17)15-28-25(8,20(30)32-9)16-33-35(10,11)23(4,5)6/h12-14,28H,15-16H2,1-11H3,(H,29,31)/t24?,25-/m0/s1. The average Bonchev–Trinajstić information content (AvgIpc) is 2.67. The number of benzene rings is 1. The number of alkyl carbamates (subject to hydrolysis) is 1. The number of nitrogens with one attached hydrogen (secondary N) is 2. The molecular weight excluding hydrogens is 474 g/mol. The molecule has 200 valence electrons. The Morgan fingerprint density at radius 1 is 0.943 bits per heavy atom. The van der Waals surface area contributed by atoms with E-state index in [-0.39, 0.29) is 23.8 Å². The van der Waals surface area contributed by atoms with E-state index >= 15 is 0 Å². The quantitative estimate of drug-likeness (QED) is 0.345. The zero-order valence-electron chi connectivity index (χ0n) is 22.9. The first-order valence-corrected chi connectivity index (χ1v) is 14.5. The van der Waals surface area contributed by atoms with Gasteiger partial charge in [0, 0.05) is 12.6 Å². The predicted molar refractivity (Wildman–Crippen MR) is 135 cm³/mol. The Balaban J connectivity index is 3.32. The molecule has 0 bridgehead atoms. The monoisotopic (exact) mass is 516 g/mol. The average molecular weight is 517 g/mol. The van der Waals surface area contributed by atoms with E-state index in [1.165, 1.54) is 7.11 Å². The molecule has 35 heavy (non-hydrogen) atoms. The van der Waals surface area contributed by atoms with Gasteiger partial charge < -0.3 is 19.2 Å². The first kappa shape index (κ1) is 31.0. The van der Waals surface area contributed by atoms with Gasteiger partial charge in [0.1, 0.15) is 22.8 Å². The molecule has 0 saturated heterocycles. The van der Waals surface area contributed by atoms with E-state index in [0.29, 0.717) is 0 Å². The zero-order chi connectivity index (χ0) is 27.5. The fourth-order valence-corrected chi connectivity index (χ4v) is 4.02. The molecule has 7 nitrogen and oxygen atoms in total. The normalized spacial score (nSPS) is 16.1. The maximum atomic E-state index is 14.1. The Kier molecular flexibility index (Phi) is 9.67. The highest BCUT2D eigenvalue weighted by atomic mass is 28.4. The van der Waals surface area contributed by atoms with Gasteiger partial charge in [-0.3, -0.25) is 5.32 Å². The molecule has 1 aromatic carbocycles. The van der Waals surface area contributed by atoms with Crippen molar-refractivity contribution in [3.63, 3.8) is 0 Å². The van der Waals surface area contributed by atoms with Crippen LogP contribution in [0.4, 0.5) is 13.6 Å². The van der Waals surface area contributed by atoms with Crippen LogP contribution >= 0.6 is 0 Å². The van der Waals surface area contributed by atoms with Crippen LogP contribution in [-0.2, 0) is 24.2 Å². The Bertz CT molecular complexity index is 894. The number of hydrogen-bond donors (Lipinski definition) is 2. The molecule has 0 aliphatic carbocycles. The molecule has 1 aromatic rings. The van der Waals surface area contributed by atoms with Crippen molar-refractivity contribution in [1.82, 2.24) is 10.6 Å². The van der Waals surface area contributed by atoms with Crippen molar-refractivity contribution in [1.29, 1.82) is 0 Å². The molecule has 2 N–H and O–H groups in total. The Morgan fingerprint density at radius 3 is 1.89 bits per heavy atom. The number of carbonyl (C=O) groups excluding carboxylic acids is 2. The minimum Gasteiger partial charge on any atom is -0.468 e. The predicted octanol–water partition coefficient (Wildman–Crippen LogP) is 5.25. The molecule has 10 heteroatoms. The van der Waals surface area contributed by atoms with Crippen LogP contribution in [0.25, 0.3) is 0 Å². The minimum absolute atomic E-state index is 0.0101. The number of esters is 1. The van der Waals surface area contributed by atoms with Gasteiger partial charge in [-0.1, -0.05) is 20.8 Å². The third kappa shape index (κ3) is 8.84. The van der Waals surface area contributed by atoms with Crippen LogP contribution in [0.2, 0.25) is 18.1 Å². The summed E-state index contributed by atoms with van der Waals surface area (Å²) in [5.74, 6) is -2.16. The molecular formula is C25H42F2N2O5Si. The van der Waals surface area contributed by atoms with Gasteiger partial charge in [0.05, 0.1) is 19.3 Å². The largest absolute Gasteiger partial charge is 0.468 e. The van der Waals surface area contributed by atoms with E-state index in [2.05, 4.69) is 44.5 Å². The molecule has 0 spiro atoms. The Labute approximate surface area is 209 Å². The highest BCUT2D eigenvalue weighted by Gasteiger charge is 2.43. The second kappa shape index (κ2) is 10.9. The van der Waals surface area contributed by atoms with Gasteiger partial charge in [-0.05, 0) is 70.4 Å². The molecule has 0 aliphatic rings. The molecule has 0 fully saturated rings. The van der Waals surface area contributed by atoms with Gasteiger partial charge in [-0.15, -0.1) is 0 Å². The summed E-state index contributed by atoms with van der Waals surface area (Å²) >= 11 is 0. The van der Waals surface area contributed by atoms with Crippen LogP contribution in [0, 0.1) is 11.6 Å². The highest BCUT2D eigenvalue weighted by molar-refractivity contribution is 6.74. The first-order chi connectivity index (χ1) is 15.6. The van der Waals surface area contributed by atoms with Gasteiger partial charge in [-0.25, -0.2) is 18.4 Å². The molecule has 1 rings (SSSR count). The van der Waals surface area contributed by atoms with Gasteiger partial charge in [0.2, 0.25) is 0 Å². The smallest absolute Gasteiger partial charge is 0.408 e. The van der Waals surface area contributed by atoms with Crippen molar-refractivity contribution in [2.45, 2.75) is 90.2 Å². The van der Waals surface area contributed by atoms with Crippen molar-refractivity contribution < 1.29 is 32.3 Å². The van der Waals surface area contributed by atoms with Gasteiger partial charge >= 0.3 is 12.1 Å². The number of methoxy groups -OCH3 is 1. The lowest BCUT2D eigenvalue weighted by Gasteiger charge is -2.41.